The second-order valence-corrected chi connectivity index (χ2v) is 7.24. The highest BCUT2D eigenvalue weighted by Gasteiger charge is 2.30. The van der Waals surface area contributed by atoms with Gasteiger partial charge >= 0.3 is 0 Å². The van der Waals surface area contributed by atoms with Crippen molar-refractivity contribution in [1.29, 1.82) is 0 Å². The molecule has 1 aromatic rings. The summed E-state index contributed by atoms with van der Waals surface area (Å²) in [6, 6.07) is 1.87. The van der Waals surface area contributed by atoms with E-state index in [-0.39, 0.29) is 5.25 Å². The summed E-state index contributed by atoms with van der Waals surface area (Å²) in [5.41, 5.74) is 0.880. The van der Waals surface area contributed by atoms with Crippen molar-refractivity contribution in [3.05, 3.63) is 17.0 Å². The van der Waals surface area contributed by atoms with Crippen molar-refractivity contribution in [2.24, 2.45) is 0 Å². The molecule has 0 spiro atoms. The first-order chi connectivity index (χ1) is 7.12. The van der Waals surface area contributed by atoms with Crippen LogP contribution in [-0.2, 0) is 9.84 Å². The lowest BCUT2D eigenvalue weighted by atomic mass is 10.2. The highest BCUT2D eigenvalue weighted by Crippen LogP contribution is 2.28. The fraction of sp³-hybridized carbons (Fsp3) is 0.600. The van der Waals surface area contributed by atoms with Crippen LogP contribution in [0.2, 0.25) is 0 Å². The Morgan fingerprint density at radius 3 is 2.87 bits per heavy atom. The number of thiophene rings is 1. The molecule has 1 saturated heterocycles. The second-order valence-electron chi connectivity index (χ2n) is 3.90. The monoisotopic (exact) mass is 245 g/mol. The molecule has 0 saturated carbocycles. The fourth-order valence-electron chi connectivity index (χ4n) is 1.89. The van der Waals surface area contributed by atoms with Gasteiger partial charge in [-0.25, -0.2) is 8.42 Å². The molecule has 5 heteroatoms. The van der Waals surface area contributed by atoms with Crippen LogP contribution in [-0.4, -0.2) is 26.8 Å². The van der Waals surface area contributed by atoms with E-state index in [4.69, 9.17) is 0 Å². The van der Waals surface area contributed by atoms with Crippen LogP contribution in [0.1, 0.15) is 18.4 Å². The van der Waals surface area contributed by atoms with E-state index >= 15 is 0 Å². The van der Waals surface area contributed by atoms with E-state index in [9.17, 15) is 8.42 Å². The normalized spacial score (nSPS) is 22.9. The smallest absolute Gasteiger partial charge is 0.192 e. The molecular weight excluding hydrogens is 230 g/mol. The summed E-state index contributed by atoms with van der Waals surface area (Å²) in [6.07, 6.45) is 1.74. The maximum Gasteiger partial charge on any atom is 0.192 e. The third-order valence-corrected chi connectivity index (χ3v) is 6.68. The average Bonchev–Trinajstić information content (AvgIpc) is 2.66. The van der Waals surface area contributed by atoms with Gasteiger partial charge < -0.3 is 5.32 Å². The van der Waals surface area contributed by atoms with E-state index in [1.807, 2.05) is 18.4 Å². The lowest BCUT2D eigenvalue weighted by Crippen LogP contribution is -2.38. The summed E-state index contributed by atoms with van der Waals surface area (Å²) >= 11 is 1.33. The fourth-order valence-corrected chi connectivity index (χ4v) is 5.28. The first-order valence-electron chi connectivity index (χ1n) is 5.11. The Hall–Kier alpha value is -0.390. The third kappa shape index (κ3) is 2.09. The molecule has 1 unspecified atom stereocenters. The Balaban J connectivity index is 2.30. The van der Waals surface area contributed by atoms with Gasteiger partial charge in [0.15, 0.2) is 9.84 Å². The molecule has 3 nitrogen and oxygen atoms in total. The zero-order chi connectivity index (χ0) is 10.9. The number of sulfone groups is 1. The zero-order valence-corrected chi connectivity index (χ0v) is 10.3. The number of hydrogen-bond acceptors (Lipinski definition) is 4. The SMILES string of the molecule is Cc1ccsc1S(=O)(=O)C1CCCNC1. The van der Waals surface area contributed by atoms with E-state index in [2.05, 4.69) is 5.32 Å². The topological polar surface area (TPSA) is 46.2 Å². The molecule has 0 aromatic carbocycles. The van der Waals surface area contributed by atoms with Crippen LogP contribution in [0, 0.1) is 6.92 Å². The number of rotatable bonds is 2. The molecule has 0 radical (unpaired) electrons. The summed E-state index contributed by atoms with van der Waals surface area (Å²) in [5.74, 6) is 0. The molecule has 84 valence electrons. The van der Waals surface area contributed by atoms with Crippen molar-refractivity contribution >= 4 is 21.2 Å². The molecule has 2 rings (SSSR count). The third-order valence-electron chi connectivity index (χ3n) is 2.76. The van der Waals surface area contributed by atoms with Gasteiger partial charge in [-0.2, -0.15) is 0 Å². The van der Waals surface area contributed by atoms with E-state index in [0.29, 0.717) is 10.8 Å². The lowest BCUT2D eigenvalue weighted by Gasteiger charge is -2.22. The van der Waals surface area contributed by atoms with Crippen LogP contribution in [0.4, 0.5) is 0 Å². The van der Waals surface area contributed by atoms with Crippen molar-refractivity contribution in [3.8, 4) is 0 Å². The van der Waals surface area contributed by atoms with Gasteiger partial charge in [-0.3, -0.25) is 0 Å². The van der Waals surface area contributed by atoms with Gasteiger partial charge in [0, 0.05) is 6.54 Å². The highest BCUT2D eigenvalue weighted by molar-refractivity contribution is 7.94. The van der Waals surface area contributed by atoms with Crippen molar-refractivity contribution < 1.29 is 8.42 Å². The molecule has 1 fully saturated rings. The maximum atomic E-state index is 12.2. The molecule has 1 aromatic heterocycles. The molecule has 0 amide bonds. The summed E-state index contributed by atoms with van der Waals surface area (Å²) in [5, 5.41) is 4.76. The van der Waals surface area contributed by atoms with Crippen LogP contribution >= 0.6 is 11.3 Å². The Bertz CT molecular complexity index is 430. The molecule has 0 aliphatic carbocycles. The molecule has 1 aliphatic rings. The predicted octanol–water partition coefficient (Wildman–Crippen LogP) is 1.58. The Morgan fingerprint density at radius 1 is 1.53 bits per heavy atom. The number of nitrogens with one attached hydrogen (secondary N) is 1. The van der Waals surface area contributed by atoms with Crippen LogP contribution < -0.4 is 5.32 Å². The zero-order valence-electron chi connectivity index (χ0n) is 8.69. The number of aryl methyl sites for hydroxylation is 1. The average molecular weight is 245 g/mol. The second kappa shape index (κ2) is 4.23. The molecule has 0 bridgehead atoms. The number of hydrogen-bond donors (Lipinski definition) is 1. The summed E-state index contributed by atoms with van der Waals surface area (Å²) in [4.78, 5) is 0. The van der Waals surface area contributed by atoms with Crippen LogP contribution in [0.5, 0.6) is 0 Å². The van der Waals surface area contributed by atoms with Gasteiger partial charge in [-0.1, -0.05) is 0 Å². The summed E-state index contributed by atoms with van der Waals surface area (Å²) in [6.45, 7) is 3.40. The van der Waals surface area contributed by atoms with Crippen molar-refractivity contribution in [3.63, 3.8) is 0 Å². The van der Waals surface area contributed by atoms with Crippen LogP contribution in [0.25, 0.3) is 0 Å². The van der Waals surface area contributed by atoms with Crippen molar-refractivity contribution in [1.82, 2.24) is 5.32 Å². The molecule has 15 heavy (non-hydrogen) atoms. The van der Waals surface area contributed by atoms with E-state index in [1.54, 1.807) is 0 Å². The Kier molecular flexibility index (Phi) is 3.13. The molecule has 1 atom stereocenters. The van der Waals surface area contributed by atoms with Crippen LogP contribution in [0.15, 0.2) is 15.7 Å². The Morgan fingerprint density at radius 2 is 2.33 bits per heavy atom. The van der Waals surface area contributed by atoms with Gasteiger partial charge in [-0.05, 0) is 43.3 Å². The minimum absolute atomic E-state index is 0.233. The summed E-state index contributed by atoms with van der Waals surface area (Å²) < 4.78 is 25.0. The van der Waals surface area contributed by atoms with Gasteiger partial charge in [-0.15, -0.1) is 11.3 Å². The van der Waals surface area contributed by atoms with Gasteiger partial charge in [0.25, 0.3) is 0 Å². The minimum Gasteiger partial charge on any atom is -0.315 e. The number of piperidine rings is 1. The van der Waals surface area contributed by atoms with E-state index < -0.39 is 9.84 Å². The van der Waals surface area contributed by atoms with Crippen LogP contribution in [0.3, 0.4) is 0 Å². The largest absolute Gasteiger partial charge is 0.315 e. The molecule has 2 heterocycles. The molecule has 1 N–H and O–H groups in total. The van der Waals surface area contributed by atoms with E-state index in [0.717, 1.165) is 24.9 Å². The van der Waals surface area contributed by atoms with Crippen molar-refractivity contribution in [2.45, 2.75) is 29.2 Å². The van der Waals surface area contributed by atoms with Gasteiger partial charge in [0.1, 0.15) is 4.21 Å². The van der Waals surface area contributed by atoms with Gasteiger partial charge in [0.2, 0.25) is 0 Å². The minimum atomic E-state index is -3.09. The summed E-state index contributed by atoms with van der Waals surface area (Å²) in [7, 11) is -3.09. The quantitative estimate of drug-likeness (QED) is 0.860. The van der Waals surface area contributed by atoms with E-state index in [1.165, 1.54) is 11.3 Å². The first-order valence-corrected chi connectivity index (χ1v) is 7.53. The predicted molar refractivity (Wildman–Crippen MR) is 62.1 cm³/mol. The van der Waals surface area contributed by atoms with Crippen molar-refractivity contribution in [2.75, 3.05) is 13.1 Å². The van der Waals surface area contributed by atoms with Gasteiger partial charge in [0.05, 0.1) is 5.25 Å². The lowest BCUT2D eigenvalue weighted by molar-refractivity contribution is 0.497. The molecule has 1 aliphatic heterocycles. The first kappa shape index (κ1) is 11.1. The Labute approximate surface area is 94.4 Å². The highest BCUT2D eigenvalue weighted by atomic mass is 32.2. The standard InChI is InChI=1S/C10H15NO2S2/c1-8-4-6-14-10(8)15(12,13)9-3-2-5-11-7-9/h4,6,9,11H,2-3,5,7H2,1H3. The maximum absolute atomic E-state index is 12.2. The molecular formula is C10H15NO2S2.